The zero-order chi connectivity index (χ0) is 50.2. The summed E-state index contributed by atoms with van der Waals surface area (Å²) in [6, 6.07) is 15.5. The summed E-state index contributed by atoms with van der Waals surface area (Å²) in [6.45, 7) is 27.1. The van der Waals surface area contributed by atoms with Crippen LogP contribution in [0.5, 0.6) is 0 Å². The van der Waals surface area contributed by atoms with Crippen LogP contribution >= 0.6 is 0 Å². The molecule has 0 radical (unpaired) electrons. The number of benzene rings is 2. The molecule has 0 spiro atoms. The fourth-order valence-corrected chi connectivity index (χ4v) is 7.75. The van der Waals surface area contributed by atoms with Crippen LogP contribution in [0.2, 0.25) is 0 Å². The van der Waals surface area contributed by atoms with Crippen molar-refractivity contribution in [2.75, 3.05) is 33.9 Å². The van der Waals surface area contributed by atoms with E-state index in [9.17, 15) is 39.0 Å². The third-order valence-electron chi connectivity index (χ3n) is 11.5. The molecule has 1 aliphatic rings. The Kier molecular flexibility index (Phi) is 22.0. The van der Waals surface area contributed by atoms with Crippen molar-refractivity contribution in [3.05, 3.63) is 71.8 Å². The van der Waals surface area contributed by atoms with E-state index in [1.54, 1.807) is 4.90 Å². The average molecular weight is 923 g/mol. The van der Waals surface area contributed by atoms with Gasteiger partial charge in [-0.25, -0.2) is 9.59 Å². The molecular formula is C52H82N4O10. The molecule has 3 N–H and O–H groups in total. The van der Waals surface area contributed by atoms with E-state index in [0.717, 1.165) is 30.4 Å². The molecule has 0 aromatic heterocycles. The molecule has 1 heterocycles. The maximum absolute atomic E-state index is 13.7. The molecule has 66 heavy (non-hydrogen) atoms. The molecule has 370 valence electrons. The smallest absolute Gasteiger partial charge is 0.328 e. The molecule has 14 nitrogen and oxygen atoms in total. The van der Waals surface area contributed by atoms with E-state index in [1.807, 2.05) is 70.5 Å². The quantitative estimate of drug-likeness (QED) is 0.103. The van der Waals surface area contributed by atoms with E-state index in [2.05, 4.69) is 88.4 Å². The predicted molar refractivity (Wildman–Crippen MR) is 257 cm³/mol. The number of amides is 2. The van der Waals surface area contributed by atoms with Crippen molar-refractivity contribution in [1.29, 1.82) is 0 Å². The highest BCUT2D eigenvalue weighted by Crippen LogP contribution is 2.37. The van der Waals surface area contributed by atoms with Crippen molar-refractivity contribution in [3.8, 4) is 0 Å². The standard InChI is InChI=1S/C26H40N2O5.C26H42N2O5/c1-25(2,3)13-14-27-19(16-22(29)30)23(31)28(21(27)17-26(4,5)6)20(24(32)33-7)15-18-11-9-8-10-12-18;1-25(2,3)13-15-28(16-14-26(4,5)6)21(18-22(29)30)23(31)27-20(24(32)33-7)17-19-11-9-8-10-12-19/h8-12,19-21H,13-17H2,1-7H3,(H,29,30);8-12,20-21H,13-18H2,1-7H3,(H,27,31)(H,29,30)/t;20?,21-/m.0/s1. The fraction of sp³-hybridized carbons (Fsp3) is 0.654. The first-order valence-corrected chi connectivity index (χ1v) is 23.2. The molecule has 3 rings (SSSR count). The molecule has 4 unspecified atom stereocenters. The van der Waals surface area contributed by atoms with E-state index >= 15 is 0 Å². The number of carboxylic acids is 2. The predicted octanol–water partition coefficient (Wildman–Crippen LogP) is 7.86. The number of ether oxygens (including phenoxy) is 2. The number of carbonyl (C=O) groups is 6. The Hall–Kier alpha value is -4.82. The summed E-state index contributed by atoms with van der Waals surface area (Å²) < 4.78 is 10.0. The Morgan fingerprint density at radius 1 is 0.667 bits per heavy atom. The molecule has 2 amide bonds. The van der Waals surface area contributed by atoms with Crippen LogP contribution in [-0.4, -0.2) is 125 Å². The molecule has 5 atom stereocenters. The number of esters is 2. The van der Waals surface area contributed by atoms with E-state index in [1.165, 1.54) is 14.2 Å². The summed E-state index contributed by atoms with van der Waals surface area (Å²) in [4.78, 5) is 81.5. The molecule has 2 aromatic carbocycles. The van der Waals surface area contributed by atoms with Crippen LogP contribution < -0.4 is 5.32 Å². The number of nitrogens with one attached hydrogen (secondary N) is 1. The van der Waals surface area contributed by atoms with Crippen molar-refractivity contribution in [2.45, 2.75) is 165 Å². The molecule has 1 aliphatic heterocycles. The minimum absolute atomic E-state index is 0.0162. The minimum Gasteiger partial charge on any atom is -0.481 e. The van der Waals surface area contributed by atoms with Gasteiger partial charge in [-0.3, -0.25) is 29.0 Å². The monoisotopic (exact) mass is 923 g/mol. The van der Waals surface area contributed by atoms with Gasteiger partial charge in [0.1, 0.15) is 18.1 Å². The Balaban J connectivity index is 0.000000453. The van der Waals surface area contributed by atoms with Crippen molar-refractivity contribution in [3.63, 3.8) is 0 Å². The van der Waals surface area contributed by atoms with E-state index in [4.69, 9.17) is 9.47 Å². The van der Waals surface area contributed by atoms with Gasteiger partial charge in [-0.2, -0.15) is 0 Å². The minimum atomic E-state index is -1.05. The van der Waals surface area contributed by atoms with Gasteiger partial charge in [0.15, 0.2) is 0 Å². The molecule has 0 bridgehead atoms. The number of methoxy groups -OCH3 is 2. The Morgan fingerprint density at radius 3 is 1.55 bits per heavy atom. The highest BCUT2D eigenvalue weighted by atomic mass is 16.5. The third kappa shape index (κ3) is 20.8. The highest BCUT2D eigenvalue weighted by Gasteiger charge is 2.52. The van der Waals surface area contributed by atoms with Gasteiger partial charge in [0.05, 0.1) is 39.3 Å². The van der Waals surface area contributed by atoms with Gasteiger partial charge in [0, 0.05) is 19.4 Å². The zero-order valence-corrected chi connectivity index (χ0v) is 42.4. The second-order valence-electron chi connectivity index (χ2n) is 22.4. The first kappa shape index (κ1) is 57.3. The van der Waals surface area contributed by atoms with Gasteiger partial charge in [-0.05, 0) is 71.6 Å². The lowest BCUT2D eigenvalue weighted by Gasteiger charge is -2.39. The maximum atomic E-state index is 13.7. The highest BCUT2D eigenvalue weighted by molar-refractivity contribution is 5.92. The fourth-order valence-electron chi connectivity index (χ4n) is 7.75. The molecule has 0 saturated carbocycles. The molecule has 1 fully saturated rings. The van der Waals surface area contributed by atoms with Crippen LogP contribution in [0.25, 0.3) is 0 Å². The molecule has 14 heteroatoms. The number of rotatable bonds is 21. The molecular weight excluding hydrogens is 841 g/mol. The maximum Gasteiger partial charge on any atom is 0.328 e. The van der Waals surface area contributed by atoms with E-state index in [0.29, 0.717) is 32.5 Å². The summed E-state index contributed by atoms with van der Waals surface area (Å²) in [6.07, 6.45) is 2.59. The van der Waals surface area contributed by atoms with Gasteiger partial charge in [-0.15, -0.1) is 0 Å². The van der Waals surface area contributed by atoms with Crippen LogP contribution in [0.15, 0.2) is 60.7 Å². The van der Waals surface area contributed by atoms with Crippen LogP contribution in [-0.2, 0) is 51.1 Å². The number of hydrogen-bond acceptors (Lipinski definition) is 10. The van der Waals surface area contributed by atoms with Crippen LogP contribution in [0.4, 0.5) is 0 Å². The average Bonchev–Trinajstić information content (AvgIpc) is 3.44. The summed E-state index contributed by atoms with van der Waals surface area (Å²) in [5, 5.41) is 21.9. The second kappa shape index (κ2) is 25.4. The number of hydrogen-bond donors (Lipinski definition) is 3. The SMILES string of the molecule is COC(=O)C(Cc1ccccc1)N1C(=O)C(CC(=O)O)N(CCC(C)(C)C)C1CC(C)(C)C.COC(=O)C(Cc1ccccc1)NC(=O)[C@H](CC(=O)O)N(CCC(C)(C)C)CCC(C)(C)C. The summed E-state index contributed by atoms with van der Waals surface area (Å²) in [5.41, 5.74) is 1.73. The van der Waals surface area contributed by atoms with Crippen LogP contribution in [0.1, 0.15) is 133 Å². The lowest BCUT2D eigenvalue weighted by molar-refractivity contribution is -0.153. The van der Waals surface area contributed by atoms with E-state index < -0.39 is 60.1 Å². The van der Waals surface area contributed by atoms with Crippen LogP contribution in [0.3, 0.4) is 0 Å². The van der Waals surface area contributed by atoms with Crippen molar-refractivity contribution >= 4 is 35.7 Å². The van der Waals surface area contributed by atoms with Crippen molar-refractivity contribution in [1.82, 2.24) is 20.0 Å². The molecule has 0 aliphatic carbocycles. The largest absolute Gasteiger partial charge is 0.481 e. The normalized spacial score (nSPS) is 17.3. The number of carbonyl (C=O) groups excluding carboxylic acids is 4. The van der Waals surface area contributed by atoms with Gasteiger partial charge in [0.2, 0.25) is 11.8 Å². The summed E-state index contributed by atoms with van der Waals surface area (Å²) in [7, 11) is 2.60. The van der Waals surface area contributed by atoms with Crippen molar-refractivity contribution in [2.24, 2.45) is 21.7 Å². The summed E-state index contributed by atoms with van der Waals surface area (Å²) in [5.74, 6) is -3.90. The van der Waals surface area contributed by atoms with Gasteiger partial charge in [-0.1, -0.05) is 144 Å². The number of carboxylic acid groups (broad SMARTS) is 2. The third-order valence-corrected chi connectivity index (χ3v) is 11.5. The topological polar surface area (TPSA) is 183 Å². The number of nitrogens with zero attached hydrogens (tertiary/aromatic N) is 3. The lowest BCUT2D eigenvalue weighted by atomic mass is 9.88. The Morgan fingerprint density at radius 2 is 1.14 bits per heavy atom. The van der Waals surface area contributed by atoms with Crippen LogP contribution in [0, 0.1) is 21.7 Å². The first-order valence-electron chi connectivity index (χ1n) is 23.2. The van der Waals surface area contributed by atoms with E-state index in [-0.39, 0.29) is 46.8 Å². The van der Waals surface area contributed by atoms with Gasteiger partial charge < -0.3 is 29.9 Å². The Bertz CT molecular complexity index is 1830. The second-order valence-corrected chi connectivity index (χ2v) is 22.4. The number of aliphatic carboxylic acids is 2. The molecule has 1 saturated heterocycles. The first-order chi connectivity index (χ1) is 30.4. The van der Waals surface area contributed by atoms with Crippen molar-refractivity contribution < 1.29 is 48.5 Å². The lowest BCUT2D eigenvalue weighted by Crippen LogP contribution is -2.54. The summed E-state index contributed by atoms with van der Waals surface area (Å²) >= 11 is 0. The zero-order valence-electron chi connectivity index (χ0n) is 42.4. The van der Waals surface area contributed by atoms with Gasteiger partial charge >= 0.3 is 23.9 Å². The molecule has 2 aromatic rings. The Labute approximate surface area is 395 Å². The van der Waals surface area contributed by atoms with Gasteiger partial charge in [0.25, 0.3) is 0 Å².